The highest BCUT2D eigenvalue weighted by molar-refractivity contribution is 9.10. The van der Waals surface area contributed by atoms with Crippen LogP contribution in [0.2, 0.25) is 0 Å². The molecule has 106 valence electrons. The number of rotatable bonds is 4. The van der Waals surface area contributed by atoms with Crippen LogP contribution in [0.15, 0.2) is 34.0 Å². The van der Waals surface area contributed by atoms with Gasteiger partial charge in [0, 0.05) is 23.7 Å². The Morgan fingerprint density at radius 1 is 1.55 bits per heavy atom. The molecule has 0 amide bonds. The number of thioether (sulfide) groups is 1. The van der Waals surface area contributed by atoms with E-state index in [4.69, 9.17) is 9.84 Å². The molecule has 1 aliphatic rings. The standard InChI is InChI=1S/C14H15BrN2O2S/c1-17-11(7-18)6-16-14(17)20-8-12-5-9-4-10(15)2-3-13(9)19-12/h2-4,6,12,18H,5,7-8H2,1H3. The SMILES string of the molecule is Cn1c(CO)cnc1SCC1Cc2cc(Br)ccc2O1. The number of hydrogen-bond acceptors (Lipinski definition) is 4. The summed E-state index contributed by atoms with van der Waals surface area (Å²) < 4.78 is 8.94. The molecule has 1 aliphatic heterocycles. The number of ether oxygens (including phenoxy) is 1. The second kappa shape index (κ2) is 5.79. The predicted octanol–water partition coefficient (Wildman–Crippen LogP) is 2.77. The number of halogens is 1. The molecular formula is C14H15BrN2O2S. The van der Waals surface area contributed by atoms with Crippen molar-refractivity contribution in [1.29, 1.82) is 0 Å². The number of benzene rings is 1. The summed E-state index contributed by atoms with van der Waals surface area (Å²) in [5.74, 6) is 1.83. The molecule has 6 heteroatoms. The van der Waals surface area contributed by atoms with Gasteiger partial charge < -0.3 is 14.4 Å². The smallest absolute Gasteiger partial charge is 0.168 e. The van der Waals surface area contributed by atoms with Gasteiger partial charge in [0.2, 0.25) is 0 Å². The van der Waals surface area contributed by atoms with Gasteiger partial charge >= 0.3 is 0 Å². The van der Waals surface area contributed by atoms with E-state index in [-0.39, 0.29) is 12.7 Å². The number of imidazole rings is 1. The van der Waals surface area contributed by atoms with Gasteiger partial charge in [0.15, 0.2) is 5.16 Å². The number of fused-ring (bicyclic) bond motifs is 1. The van der Waals surface area contributed by atoms with Gasteiger partial charge in [-0.3, -0.25) is 0 Å². The summed E-state index contributed by atoms with van der Waals surface area (Å²) in [6.07, 6.45) is 2.82. The molecule has 1 unspecified atom stereocenters. The maximum Gasteiger partial charge on any atom is 0.168 e. The molecule has 0 aliphatic carbocycles. The molecule has 0 bridgehead atoms. The molecule has 0 radical (unpaired) electrons. The van der Waals surface area contributed by atoms with Crippen LogP contribution in [-0.4, -0.2) is 26.5 Å². The molecule has 1 aromatic carbocycles. The summed E-state index contributed by atoms with van der Waals surface area (Å²) in [6.45, 7) is 0.0173. The maximum atomic E-state index is 9.16. The number of nitrogens with zero attached hydrogens (tertiary/aromatic N) is 2. The Balaban J connectivity index is 1.62. The van der Waals surface area contributed by atoms with E-state index in [0.29, 0.717) is 0 Å². The number of aliphatic hydroxyl groups is 1. The molecule has 1 N–H and O–H groups in total. The molecule has 2 aromatic rings. The van der Waals surface area contributed by atoms with Crippen LogP contribution in [0.4, 0.5) is 0 Å². The van der Waals surface area contributed by atoms with E-state index in [1.54, 1.807) is 18.0 Å². The average molecular weight is 355 g/mol. The second-order valence-corrected chi connectivity index (χ2v) is 6.66. The van der Waals surface area contributed by atoms with Gasteiger partial charge in [-0.05, 0) is 23.8 Å². The molecule has 3 rings (SSSR count). The van der Waals surface area contributed by atoms with Crippen LogP contribution in [0, 0.1) is 0 Å². The summed E-state index contributed by atoms with van der Waals surface area (Å²) in [4.78, 5) is 4.31. The monoisotopic (exact) mass is 354 g/mol. The quantitative estimate of drug-likeness (QED) is 0.857. The van der Waals surface area contributed by atoms with Crippen molar-refractivity contribution in [3.63, 3.8) is 0 Å². The highest BCUT2D eigenvalue weighted by Crippen LogP contribution is 2.33. The average Bonchev–Trinajstić information content (AvgIpc) is 2.99. The van der Waals surface area contributed by atoms with Gasteiger partial charge in [0.1, 0.15) is 11.9 Å². The van der Waals surface area contributed by atoms with Gasteiger partial charge in [0.05, 0.1) is 18.5 Å². The van der Waals surface area contributed by atoms with Crippen molar-refractivity contribution in [2.45, 2.75) is 24.3 Å². The van der Waals surface area contributed by atoms with Crippen LogP contribution in [0.3, 0.4) is 0 Å². The Labute approximate surface area is 130 Å². The van der Waals surface area contributed by atoms with Crippen LogP contribution >= 0.6 is 27.7 Å². The second-order valence-electron chi connectivity index (χ2n) is 4.76. The van der Waals surface area contributed by atoms with Crippen LogP contribution in [0.25, 0.3) is 0 Å². The van der Waals surface area contributed by atoms with Crippen molar-refractivity contribution in [1.82, 2.24) is 9.55 Å². The van der Waals surface area contributed by atoms with Crippen LogP contribution in [-0.2, 0) is 20.1 Å². The minimum Gasteiger partial charge on any atom is -0.489 e. The van der Waals surface area contributed by atoms with E-state index in [2.05, 4.69) is 27.0 Å². The van der Waals surface area contributed by atoms with Crippen LogP contribution in [0.5, 0.6) is 5.75 Å². The van der Waals surface area contributed by atoms with Crippen molar-refractivity contribution >= 4 is 27.7 Å². The topological polar surface area (TPSA) is 47.3 Å². The number of aromatic nitrogens is 2. The summed E-state index contributed by atoms with van der Waals surface area (Å²) in [5, 5.41) is 10.1. The molecule has 1 aromatic heterocycles. The lowest BCUT2D eigenvalue weighted by Gasteiger charge is -2.10. The van der Waals surface area contributed by atoms with E-state index in [9.17, 15) is 0 Å². The summed E-state index contributed by atoms with van der Waals surface area (Å²) in [7, 11) is 1.92. The Morgan fingerprint density at radius 2 is 2.40 bits per heavy atom. The van der Waals surface area contributed by atoms with E-state index in [0.717, 1.165) is 33.2 Å². The molecule has 0 fully saturated rings. The third-order valence-electron chi connectivity index (χ3n) is 3.37. The lowest BCUT2D eigenvalue weighted by Crippen LogP contribution is -2.16. The lowest BCUT2D eigenvalue weighted by atomic mass is 10.1. The number of hydrogen-bond donors (Lipinski definition) is 1. The molecule has 4 nitrogen and oxygen atoms in total. The van der Waals surface area contributed by atoms with E-state index < -0.39 is 0 Å². The first-order chi connectivity index (χ1) is 9.67. The third kappa shape index (κ3) is 2.73. The Hall–Kier alpha value is -0.980. The fraction of sp³-hybridized carbons (Fsp3) is 0.357. The van der Waals surface area contributed by atoms with Crippen LogP contribution in [0.1, 0.15) is 11.3 Å². The van der Waals surface area contributed by atoms with Gasteiger partial charge in [-0.15, -0.1) is 0 Å². The van der Waals surface area contributed by atoms with E-state index >= 15 is 0 Å². The van der Waals surface area contributed by atoms with Crippen molar-refractivity contribution in [3.8, 4) is 5.75 Å². The first-order valence-corrected chi connectivity index (χ1v) is 8.14. The Bertz CT molecular complexity index is 630. The Kier molecular flexibility index (Phi) is 4.05. The fourth-order valence-electron chi connectivity index (χ4n) is 2.26. The molecule has 0 saturated carbocycles. The minimum absolute atomic E-state index is 0.0173. The molecule has 2 heterocycles. The zero-order chi connectivity index (χ0) is 14.1. The van der Waals surface area contributed by atoms with Crippen molar-refractivity contribution in [2.75, 3.05) is 5.75 Å². The van der Waals surface area contributed by atoms with Crippen LogP contribution < -0.4 is 4.74 Å². The molecular weight excluding hydrogens is 340 g/mol. The molecule has 1 atom stereocenters. The van der Waals surface area contributed by atoms with Gasteiger partial charge in [-0.1, -0.05) is 27.7 Å². The molecule has 0 saturated heterocycles. The third-order valence-corrected chi connectivity index (χ3v) is 5.04. The normalized spacial score (nSPS) is 17.1. The fourth-order valence-corrected chi connectivity index (χ4v) is 3.62. The number of aliphatic hydroxyl groups excluding tert-OH is 1. The summed E-state index contributed by atoms with van der Waals surface area (Å²) in [5.41, 5.74) is 2.08. The highest BCUT2D eigenvalue weighted by atomic mass is 79.9. The zero-order valence-corrected chi connectivity index (χ0v) is 13.4. The largest absolute Gasteiger partial charge is 0.489 e. The van der Waals surface area contributed by atoms with E-state index in [1.165, 1.54) is 5.56 Å². The van der Waals surface area contributed by atoms with Gasteiger partial charge in [-0.2, -0.15) is 0 Å². The zero-order valence-electron chi connectivity index (χ0n) is 11.0. The minimum atomic E-state index is 0.0173. The summed E-state index contributed by atoms with van der Waals surface area (Å²) >= 11 is 5.14. The maximum absolute atomic E-state index is 9.16. The first kappa shape index (κ1) is 14.0. The summed E-state index contributed by atoms with van der Waals surface area (Å²) in [6, 6.07) is 6.12. The van der Waals surface area contributed by atoms with Crippen molar-refractivity contribution < 1.29 is 9.84 Å². The Morgan fingerprint density at radius 3 is 3.15 bits per heavy atom. The highest BCUT2D eigenvalue weighted by Gasteiger charge is 2.23. The van der Waals surface area contributed by atoms with Crippen molar-refractivity contribution in [2.24, 2.45) is 7.05 Å². The first-order valence-electron chi connectivity index (χ1n) is 6.36. The van der Waals surface area contributed by atoms with Crippen molar-refractivity contribution in [3.05, 3.63) is 40.1 Å². The lowest BCUT2D eigenvalue weighted by molar-refractivity contribution is 0.259. The van der Waals surface area contributed by atoms with E-state index in [1.807, 2.05) is 23.7 Å². The molecule has 0 spiro atoms. The van der Waals surface area contributed by atoms with Gasteiger partial charge in [-0.25, -0.2) is 4.98 Å². The predicted molar refractivity (Wildman–Crippen MR) is 82.1 cm³/mol. The van der Waals surface area contributed by atoms with Gasteiger partial charge in [0.25, 0.3) is 0 Å². The molecule has 20 heavy (non-hydrogen) atoms.